The number of nitro benzene ring substituents is 1. The van der Waals surface area contributed by atoms with Crippen LogP contribution in [0.1, 0.15) is 36.8 Å². The van der Waals surface area contributed by atoms with Gasteiger partial charge in [-0.1, -0.05) is 12.1 Å². The second kappa shape index (κ2) is 9.66. The van der Waals surface area contributed by atoms with Crippen molar-refractivity contribution >= 4 is 11.5 Å². The zero-order valence-corrected chi connectivity index (χ0v) is 15.1. The zero-order valence-electron chi connectivity index (χ0n) is 15.1. The number of nitrogens with zero attached hydrogens (tertiary/aromatic N) is 1. The number of nitro groups is 1. The quantitative estimate of drug-likeness (QED) is 0.378. The van der Waals surface area contributed by atoms with Crippen LogP contribution in [0.15, 0.2) is 36.4 Å². The number of hydrogen-bond donors (Lipinski definition) is 1. The number of halogens is 1. The Morgan fingerprint density at radius 1 is 1.11 bits per heavy atom. The van der Waals surface area contributed by atoms with Crippen LogP contribution in [-0.2, 0) is 17.6 Å². The maximum atomic E-state index is 13.3. The molecular weight excluding hydrogens is 353 g/mol. The number of ether oxygens (including phenoxy) is 1. The number of aryl methyl sites for hydroxylation is 2. The molecule has 0 atom stereocenters. The Labute approximate surface area is 156 Å². The summed E-state index contributed by atoms with van der Waals surface area (Å²) in [6.45, 7) is 0. The fourth-order valence-corrected chi connectivity index (χ4v) is 2.80. The summed E-state index contributed by atoms with van der Waals surface area (Å²) < 4.78 is 18.3. The summed E-state index contributed by atoms with van der Waals surface area (Å²) in [7, 11) is 1.49. The number of benzene rings is 2. The minimum Gasteiger partial charge on any atom is -0.504 e. The molecule has 0 aromatic heterocycles. The molecule has 6 nitrogen and oxygen atoms in total. The normalized spacial score (nSPS) is 10.6. The van der Waals surface area contributed by atoms with Gasteiger partial charge in [0, 0.05) is 18.9 Å². The molecular formula is C20H22FNO5. The monoisotopic (exact) mass is 375 g/mol. The highest BCUT2D eigenvalue weighted by molar-refractivity contribution is 5.78. The Balaban J connectivity index is 1.73. The SMILES string of the molecule is COc1ccc(CCCCC(=O)CCc2ccc(F)c([N+](=O)[O-])c2)cc1O. The standard InChI is InChI=1S/C20H22FNO5/c1-27-20-11-8-14(13-19(20)24)4-2-3-5-16(23)9-6-15-7-10-17(21)18(12-15)22(25)26/h7-8,10-13,24H,2-6,9H2,1H3. The van der Waals surface area contributed by atoms with Gasteiger partial charge in [-0.15, -0.1) is 0 Å². The van der Waals surface area contributed by atoms with Gasteiger partial charge in [0.15, 0.2) is 11.5 Å². The largest absolute Gasteiger partial charge is 0.504 e. The minimum atomic E-state index is -0.875. The number of phenolic OH excluding ortho intramolecular Hbond substituents is 1. The van der Waals surface area contributed by atoms with Crippen LogP contribution in [0.25, 0.3) is 0 Å². The summed E-state index contributed by atoms with van der Waals surface area (Å²) in [5.74, 6) is -0.284. The van der Waals surface area contributed by atoms with Crippen LogP contribution in [0, 0.1) is 15.9 Å². The maximum Gasteiger partial charge on any atom is 0.305 e. The highest BCUT2D eigenvalue weighted by atomic mass is 19.1. The predicted octanol–water partition coefficient (Wildman–Crippen LogP) is 4.36. The van der Waals surface area contributed by atoms with E-state index in [1.165, 1.54) is 19.2 Å². The number of rotatable bonds is 10. The van der Waals surface area contributed by atoms with Gasteiger partial charge in [-0.3, -0.25) is 14.9 Å². The van der Waals surface area contributed by atoms with Gasteiger partial charge in [-0.05, 0) is 55.0 Å². The molecule has 0 saturated heterocycles. The van der Waals surface area contributed by atoms with Crippen LogP contribution in [0.3, 0.4) is 0 Å². The fourth-order valence-electron chi connectivity index (χ4n) is 2.80. The molecule has 0 bridgehead atoms. The molecule has 144 valence electrons. The highest BCUT2D eigenvalue weighted by Crippen LogP contribution is 2.27. The molecule has 2 aromatic carbocycles. The number of carbonyl (C=O) groups excluding carboxylic acids is 1. The molecule has 0 saturated carbocycles. The van der Waals surface area contributed by atoms with Crippen LogP contribution in [0.5, 0.6) is 11.5 Å². The van der Waals surface area contributed by atoms with Crippen molar-refractivity contribution in [3.8, 4) is 11.5 Å². The fraction of sp³-hybridized carbons (Fsp3) is 0.350. The number of ketones is 1. The average Bonchev–Trinajstić information content (AvgIpc) is 2.64. The number of phenols is 1. The summed E-state index contributed by atoms with van der Waals surface area (Å²) in [6, 6.07) is 8.94. The first-order chi connectivity index (χ1) is 12.9. The number of unbranched alkanes of at least 4 members (excludes halogenated alkanes) is 1. The molecule has 0 amide bonds. The van der Waals surface area contributed by atoms with Gasteiger partial charge < -0.3 is 9.84 Å². The van der Waals surface area contributed by atoms with Crippen molar-refractivity contribution in [1.82, 2.24) is 0 Å². The summed E-state index contributed by atoms with van der Waals surface area (Å²) in [4.78, 5) is 22.0. The van der Waals surface area contributed by atoms with Crippen LogP contribution >= 0.6 is 0 Å². The number of carbonyl (C=O) groups is 1. The van der Waals surface area contributed by atoms with Gasteiger partial charge in [0.05, 0.1) is 12.0 Å². The van der Waals surface area contributed by atoms with Crippen molar-refractivity contribution < 1.29 is 24.0 Å². The van der Waals surface area contributed by atoms with Gasteiger partial charge in [0.25, 0.3) is 0 Å². The Morgan fingerprint density at radius 3 is 2.48 bits per heavy atom. The van der Waals surface area contributed by atoms with Gasteiger partial charge in [0.2, 0.25) is 5.82 Å². The highest BCUT2D eigenvalue weighted by Gasteiger charge is 2.14. The number of aromatic hydroxyl groups is 1. The van der Waals surface area contributed by atoms with Crippen molar-refractivity contribution in [2.24, 2.45) is 0 Å². The molecule has 0 heterocycles. The molecule has 2 rings (SSSR count). The van der Waals surface area contributed by atoms with E-state index in [-0.39, 0.29) is 18.0 Å². The first-order valence-corrected chi connectivity index (χ1v) is 8.71. The lowest BCUT2D eigenvalue weighted by Gasteiger charge is -2.06. The van der Waals surface area contributed by atoms with Crippen molar-refractivity contribution in [2.45, 2.75) is 38.5 Å². The summed E-state index contributed by atoms with van der Waals surface area (Å²) in [5.41, 5.74) is 0.979. The molecule has 0 spiro atoms. The third-order valence-corrected chi connectivity index (χ3v) is 4.31. The molecule has 7 heteroatoms. The van der Waals surface area contributed by atoms with Crippen molar-refractivity contribution in [3.05, 3.63) is 63.5 Å². The summed E-state index contributed by atoms with van der Waals surface area (Å²) in [5, 5.41) is 20.5. The van der Waals surface area contributed by atoms with Crippen LogP contribution in [-0.4, -0.2) is 22.9 Å². The van der Waals surface area contributed by atoms with Crippen molar-refractivity contribution in [3.63, 3.8) is 0 Å². The first kappa shape index (κ1) is 20.4. The van der Waals surface area contributed by atoms with E-state index >= 15 is 0 Å². The molecule has 0 aliphatic heterocycles. The van der Waals surface area contributed by atoms with E-state index in [1.54, 1.807) is 12.1 Å². The van der Waals surface area contributed by atoms with E-state index in [2.05, 4.69) is 0 Å². The predicted molar refractivity (Wildman–Crippen MR) is 98.6 cm³/mol. The third kappa shape index (κ3) is 6.06. The van der Waals surface area contributed by atoms with Gasteiger partial charge in [-0.2, -0.15) is 4.39 Å². The molecule has 0 unspecified atom stereocenters. The molecule has 1 N–H and O–H groups in total. The summed E-state index contributed by atoms with van der Waals surface area (Å²) >= 11 is 0. The minimum absolute atomic E-state index is 0.0690. The topological polar surface area (TPSA) is 89.7 Å². The number of hydrogen-bond acceptors (Lipinski definition) is 5. The van der Waals surface area contributed by atoms with E-state index in [9.17, 15) is 24.4 Å². The smallest absolute Gasteiger partial charge is 0.305 e. The maximum absolute atomic E-state index is 13.3. The van der Waals surface area contributed by atoms with Crippen LogP contribution in [0.4, 0.5) is 10.1 Å². The Bertz CT molecular complexity index is 822. The van der Waals surface area contributed by atoms with Gasteiger partial charge in [-0.25, -0.2) is 0 Å². The van der Waals surface area contributed by atoms with E-state index in [4.69, 9.17) is 4.74 Å². The third-order valence-electron chi connectivity index (χ3n) is 4.31. The van der Waals surface area contributed by atoms with E-state index in [0.717, 1.165) is 30.9 Å². The van der Waals surface area contributed by atoms with E-state index < -0.39 is 16.4 Å². The first-order valence-electron chi connectivity index (χ1n) is 8.71. The van der Waals surface area contributed by atoms with E-state index in [1.807, 2.05) is 6.07 Å². The summed E-state index contributed by atoms with van der Waals surface area (Å²) in [6.07, 6.45) is 3.31. The lowest BCUT2D eigenvalue weighted by Crippen LogP contribution is -2.02. The molecule has 0 fully saturated rings. The van der Waals surface area contributed by atoms with Crippen molar-refractivity contribution in [2.75, 3.05) is 7.11 Å². The molecule has 0 aliphatic carbocycles. The van der Waals surface area contributed by atoms with Crippen LogP contribution < -0.4 is 4.74 Å². The molecule has 0 radical (unpaired) electrons. The lowest BCUT2D eigenvalue weighted by atomic mass is 10.0. The zero-order chi connectivity index (χ0) is 19.8. The Hall–Kier alpha value is -2.96. The van der Waals surface area contributed by atoms with Gasteiger partial charge >= 0.3 is 5.69 Å². The van der Waals surface area contributed by atoms with E-state index in [0.29, 0.717) is 24.2 Å². The Kier molecular flexibility index (Phi) is 7.28. The Morgan fingerprint density at radius 2 is 1.81 bits per heavy atom. The second-order valence-corrected chi connectivity index (χ2v) is 6.29. The number of Topliss-reactive ketones (excluding diaryl/α,β-unsaturated/α-hetero) is 1. The van der Waals surface area contributed by atoms with Gasteiger partial charge in [0.1, 0.15) is 5.78 Å². The van der Waals surface area contributed by atoms with Crippen LogP contribution in [0.2, 0.25) is 0 Å². The molecule has 2 aromatic rings. The van der Waals surface area contributed by atoms with Crippen molar-refractivity contribution in [1.29, 1.82) is 0 Å². The number of methoxy groups -OCH3 is 1. The molecule has 27 heavy (non-hydrogen) atoms. The second-order valence-electron chi connectivity index (χ2n) is 6.29. The lowest BCUT2D eigenvalue weighted by molar-refractivity contribution is -0.387. The molecule has 0 aliphatic rings. The average molecular weight is 375 g/mol.